The van der Waals surface area contributed by atoms with E-state index < -0.39 is 0 Å². The minimum atomic E-state index is -0.296. The van der Waals surface area contributed by atoms with Crippen LogP contribution in [0.4, 0.5) is 0 Å². The quantitative estimate of drug-likeness (QED) is 0.702. The Bertz CT molecular complexity index is 1040. The number of morpholine rings is 1. The number of fused-ring (bicyclic) bond motifs is 1. The third kappa shape index (κ3) is 3.23. The van der Waals surface area contributed by atoms with Crippen LogP contribution in [0.2, 0.25) is 10.0 Å². The van der Waals surface area contributed by atoms with Crippen LogP contribution in [-0.2, 0) is 4.74 Å². The largest absolute Gasteiger partial charge is 0.370 e. The molecule has 0 aliphatic carbocycles. The van der Waals surface area contributed by atoms with Crippen molar-refractivity contribution >= 4 is 40.1 Å². The minimum Gasteiger partial charge on any atom is -0.370 e. The van der Waals surface area contributed by atoms with Crippen LogP contribution < -0.4 is 5.69 Å². The van der Waals surface area contributed by atoms with Crippen LogP contribution in [0.5, 0.6) is 0 Å². The zero-order valence-corrected chi connectivity index (χ0v) is 15.1. The number of amides is 1. The lowest BCUT2D eigenvalue weighted by molar-refractivity contribution is -0.0228. The molecule has 1 aliphatic rings. The summed E-state index contributed by atoms with van der Waals surface area (Å²) in [5.74, 6) is -0.109. The van der Waals surface area contributed by atoms with Crippen molar-refractivity contribution in [3.63, 3.8) is 0 Å². The van der Waals surface area contributed by atoms with Crippen LogP contribution in [0, 0.1) is 0 Å². The van der Waals surface area contributed by atoms with E-state index in [0.717, 1.165) is 5.56 Å². The summed E-state index contributed by atoms with van der Waals surface area (Å²) in [5.41, 5.74) is 2.37. The molecule has 3 aromatic rings. The third-order valence-corrected chi connectivity index (χ3v) is 5.17. The van der Waals surface area contributed by atoms with Gasteiger partial charge in [-0.2, -0.15) is 0 Å². The van der Waals surface area contributed by atoms with Crippen LogP contribution in [0.25, 0.3) is 11.0 Å². The van der Waals surface area contributed by atoms with E-state index in [4.69, 9.17) is 27.9 Å². The summed E-state index contributed by atoms with van der Waals surface area (Å²) in [4.78, 5) is 31.3. The number of hydrogen-bond donors (Lipinski definition) is 2. The molecule has 0 radical (unpaired) electrons. The summed E-state index contributed by atoms with van der Waals surface area (Å²) in [6.07, 6.45) is -0.265. The van der Waals surface area contributed by atoms with Crippen LogP contribution in [0.3, 0.4) is 0 Å². The van der Waals surface area contributed by atoms with E-state index in [9.17, 15) is 9.59 Å². The second-order valence-corrected chi connectivity index (χ2v) is 6.94. The van der Waals surface area contributed by atoms with E-state index in [0.29, 0.717) is 46.3 Å². The second kappa shape index (κ2) is 6.79. The van der Waals surface area contributed by atoms with Crippen LogP contribution >= 0.6 is 23.2 Å². The highest BCUT2D eigenvalue weighted by Gasteiger charge is 2.26. The Labute approximate surface area is 158 Å². The van der Waals surface area contributed by atoms with Gasteiger partial charge in [-0.1, -0.05) is 29.3 Å². The van der Waals surface area contributed by atoms with Gasteiger partial charge in [0.05, 0.1) is 34.2 Å². The van der Waals surface area contributed by atoms with E-state index >= 15 is 0 Å². The second-order valence-electron chi connectivity index (χ2n) is 6.12. The lowest BCUT2D eigenvalue weighted by Crippen LogP contribution is -2.42. The first-order chi connectivity index (χ1) is 12.5. The molecule has 0 bridgehead atoms. The Hall–Kier alpha value is -2.28. The highest BCUT2D eigenvalue weighted by Crippen LogP contribution is 2.29. The molecule has 6 nitrogen and oxygen atoms in total. The van der Waals surface area contributed by atoms with Crippen molar-refractivity contribution in [1.29, 1.82) is 0 Å². The normalized spacial score (nSPS) is 17.6. The molecule has 0 spiro atoms. The van der Waals surface area contributed by atoms with Gasteiger partial charge in [0.15, 0.2) is 0 Å². The first-order valence-electron chi connectivity index (χ1n) is 8.09. The Balaban J connectivity index is 1.56. The number of rotatable bonds is 2. The van der Waals surface area contributed by atoms with Gasteiger partial charge in [-0.05, 0) is 35.9 Å². The number of H-pyrrole nitrogens is 2. The molecule has 134 valence electrons. The zero-order chi connectivity index (χ0) is 18.3. The SMILES string of the molecule is O=C(c1ccc2[nH]c(=O)[nH]c2c1)N1CCO[C@@H](c2ccc(Cl)c(Cl)c2)C1. The molecule has 2 aromatic carbocycles. The molecule has 26 heavy (non-hydrogen) atoms. The highest BCUT2D eigenvalue weighted by atomic mass is 35.5. The Morgan fingerprint density at radius 2 is 1.88 bits per heavy atom. The Kier molecular flexibility index (Phi) is 4.48. The van der Waals surface area contributed by atoms with E-state index in [-0.39, 0.29) is 17.7 Å². The Morgan fingerprint density at radius 1 is 1.08 bits per heavy atom. The first kappa shape index (κ1) is 17.1. The van der Waals surface area contributed by atoms with E-state index in [1.165, 1.54) is 0 Å². The molecule has 1 fully saturated rings. The predicted octanol–water partition coefficient (Wildman–Crippen LogP) is 3.38. The molecule has 8 heteroatoms. The number of hydrogen-bond acceptors (Lipinski definition) is 3. The Morgan fingerprint density at radius 3 is 2.69 bits per heavy atom. The van der Waals surface area contributed by atoms with Gasteiger partial charge >= 0.3 is 5.69 Å². The summed E-state index contributed by atoms with van der Waals surface area (Å²) < 4.78 is 5.80. The number of benzene rings is 2. The van der Waals surface area contributed by atoms with Gasteiger partial charge in [-0.25, -0.2) is 4.79 Å². The zero-order valence-electron chi connectivity index (χ0n) is 13.6. The van der Waals surface area contributed by atoms with Crippen molar-refractivity contribution in [2.45, 2.75) is 6.10 Å². The van der Waals surface area contributed by atoms with Gasteiger partial charge < -0.3 is 19.6 Å². The maximum atomic E-state index is 12.9. The number of nitrogens with one attached hydrogen (secondary N) is 2. The third-order valence-electron chi connectivity index (χ3n) is 4.43. The molecule has 4 rings (SSSR count). The molecular formula is C18H15Cl2N3O3. The maximum Gasteiger partial charge on any atom is 0.323 e. The average Bonchev–Trinajstić information content (AvgIpc) is 3.02. The van der Waals surface area contributed by atoms with Gasteiger partial charge in [0, 0.05) is 12.1 Å². The predicted molar refractivity (Wildman–Crippen MR) is 100.0 cm³/mol. The lowest BCUT2D eigenvalue weighted by atomic mass is 10.1. The number of imidazole rings is 1. The molecule has 1 aromatic heterocycles. The molecular weight excluding hydrogens is 377 g/mol. The van der Waals surface area contributed by atoms with Crippen molar-refractivity contribution < 1.29 is 9.53 Å². The number of carbonyl (C=O) groups excluding carboxylic acids is 1. The molecule has 1 saturated heterocycles. The first-order valence-corrected chi connectivity index (χ1v) is 8.85. The van der Waals surface area contributed by atoms with Crippen molar-refractivity contribution in [3.05, 3.63) is 68.1 Å². The standard InChI is InChI=1S/C18H15Cl2N3O3/c19-12-3-1-10(7-13(12)20)16-9-23(5-6-26-16)17(24)11-2-4-14-15(8-11)22-18(25)21-14/h1-4,7-8,16H,5-6,9H2,(H2,21,22,25)/t16-/m1/s1. The number of aromatic amines is 2. The summed E-state index contributed by atoms with van der Waals surface area (Å²) in [6.45, 7) is 1.34. The van der Waals surface area contributed by atoms with Gasteiger partial charge in [-0.3, -0.25) is 4.79 Å². The number of nitrogens with zero attached hydrogens (tertiary/aromatic N) is 1. The summed E-state index contributed by atoms with van der Waals surface area (Å²) in [7, 11) is 0. The van der Waals surface area contributed by atoms with Crippen LogP contribution in [0.1, 0.15) is 22.0 Å². The molecule has 2 heterocycles. The fourth-order valence-electron chi connectivity index (χ4n) is 3.10. The monoisotopic (exact) mass is 391 g/mol. The summed E-state index contributed by atoms with van der Waals surface area (Å²) in [5, 5.41) is 0.936. The van der Waals surface area contributed by atoms with E-state index in [1.807, 2.05) is 6.07 Å². The van der Waals surface area contributed by atoms with Gasteiger partial charge in [0.1, 0.15) is 6.10 Å². The van der Waals surface area contributed by atoms with Crippen molar-refractivity contribution in [1.82, 2.24) is 14.9 Å². The molecule has 1 amide bonds. The van der Waals surface area contributed by atoms with Crippen molar-refractivity contribution in [3.8, 4) is 0 Å². The number of aromatic nitrogens is 2. The number of halogens is 2. The molecule has 2 N–H and O–H groups in total. The fraction of sp³-hybridized carbons (Fsp3) is 0.222. The smallest absolute Gasteiger partial charge is 0.323 e. The topological polar surface area (TPSA) is 78.2 Å². The van der Waals surface area contributed by atoms with E-state index in [2.05, 4.69) is 9.97 Å². The van der Waals surface area contributed by atoms with Crippen LogP contribution in [0.15, 0.2) is 41.2 Å². The minimum absolute atomic E-state index is 0.109. The van der Waals surface area contributed by atoms with Gasteiger partial charge in [-0.15, -0.1) is 0 Å². The van der Waals surface area contributed by atoms with Crippen molar-refractivity contribution in [2.24, 2.45) is 0 Å². The lowest BCUT2D eigenvalue weighted by Gasteiger charge is -2.33. The molecule has 0 saturated carbocycles. The van der Waals surface area contributed by atoms with E-state index in [1.54, 1.807) is 35.2 Å². The molecule has 0 unspecified atom stereocenters. The van der Waals surface area contributed by atoms with Crippen LogP contribution in [-0.4, -0.2) is 40.5 Å². The summed E-state index contributed by atoms with van der Waals surface area (Å²) >= 11 is 12.0. The average molecular weight is 392 g/mol. The maximum absolute atomic E-state index is 12.9. The van der Waals surface area contributed by atoms with Crippen molar-refractivity contribution in [2.75, 3.05) is 19.7 Å². The molecule has 1 atom stereocenters. The molecule has 1 aliphatic heterocycles. The number of carbonyl (C=O) groups is 1. The summed E-state index contributed by atoms with van der Waals surface area (Å²) in [6, 6.07) is 10.4. The van der Waals surface area contributed by atoms with Gasteiger partial charge in [0.2, 0.25) is 0 Å². The van der Waals surface area contributed by atoms with Gasteiger partial charge in [0.25, 0.3) is 5.91 Å². The fourth-order valence-corrected chi connectivity index (χ4v) is 3.40. The highest BCUT2D eigenvalue weighted by molar-refractivity contribution is 6.42. The number of ether oxygens (including phenoxy) is 1.